The largest absolute Gasteiger partial charge is 0.367 e. The van der Waals surface area contributed by atoms with Crippen LogP contribution in [0.3, 0.4) is 0 Å². The maximum absolute atomic E-state index is 4.35. The Balaban J connectivity index is 2.14. The highest BCUT2D eigenvalue weighted by Crippen LogP contribution is 2.28. The summed E-state index contributed by atoms with van der Waals surface area (Å²) in [6.45, 7) is 2.02. The van der Waals surface area contributed by atoms with Crippen LogP contribution in [0, 0.1) is 6.92 Å². The Hall–Kier alpha value is -1.58. The quantitative estimate of drug-likeness (QED) is 0.756. The Morgan fingerprint density at radius 2 is 2.36 bits per heavy atom. The van der Waals surface area contributed by atoms with E-state index in [-0.39, 0.29) is 0 Å². The molecule has 0 unspecified atom stereocenters. The number of rotatable bonds is 2. The monoisotopic (exact) mass is 188 g/mol. The third kappa shape index (κ3) is 1.14. The molecule has 1 aliphatic carbocycles. The fraction of sp³-hybridized carbons (Fsp3) is 0.400. The molecular formula is C10H12N4. The van der Waals surface area contributed by atoms with Crippen LogP contribution >= 0.6 is 0 Å². The third-order valence-electron chi connectivity index (χ3n) is 2.57. The van der Waals surface area contributed by atoms with Crippen LogP contribution in [-0.2, 0) is 0 Å². The molecule has 3 rings (SSSR count). The highest BCUT2D eigenvalue weighted by atomic mass is 15.1. The molecule has 0 bridgehead atoms. The smallest absolute Gasteiger partial charge is 0.137 e. The summed E-state index contributed by atoms with van der Waals surface area (Å²) in [4.78, 5) is 4.35. The van der Waals surface area contributed by atoms with E-state index in [1.165, 1.54) is 12.8 Å². The maximum Gasteiger partial charge on any atom is 0.137 e. The van der Waals surface area contributed by atoms with Gasteiger partial charge in [0, 0.05) is 17.9 Å². The SMILES string of the molecule is Cc1[nH]nc2ccnc(NC3CC3)c12. The van der Waals surface area contributed by atoms with Crippen LogP contribution in [0.25, 0.3) is 10.9 Å². The van der Waals surface area contributed by atoms with E-state index >= 15 is 0 Å². The first kappa shape index (κ1) is 7.79. The summed E-state index contributed by atoms with van der Waals surface area (Å²) in [5, 5.41) is 11.7. The van der Waals surface area contributed by atoms with E-state index in [1.807, 2.05) is 13.0 Å². The predicted molar refractivity (Wildman–Crippen MR) is 55.3 cm³/mol. The molecule has 14 heavy (non-hydrogen) atoms. The predicted octanol–water partition coefficient (Wildman–Crippen LogP) is 1.84. The number of aryl methyl sites for hydroxylation is 1. The summed E-state index contributed by atoms with van der Waals surface area (Å²) >= 11 is 0. The lowest BCUT2D eigenvalue weighted by Crippen LogP contribution is -2.03. The number of fused-ring (bicyclic) bond motifs is 1. The fourth-order valence-corrected chi connectivity index (χ4v) is 1.64. The molecule has 4 nitrogen and oxygen atoms in total. The van der Waals surface area contributed by atoms with Crippen LogP contribution in [0.2, 0.25) is 0 Å². The minimum Gasteiger partial charge on any atom is -0.367 e. The van der Waals surface area contributed by atoms with Crippen LogP contribution in [0.15, 0.2) is 12.3 Å². The number of pyridine rings is 1. The number of nitrogens with one attached hydrogen (secondary N) is 2. The van der Waals surface area contributed by atoms with Gasteiger partial charge >= 0.3 is 0 Å². The molecule has 72 valence electrons. The van der Waals surface area contributed by atoms with Crippen LogP contribution in [0.4, 0.5) is 5.82 Å². The zero-order valence-corrected chi connectivity index (χ0v) is 8.04. The van der Waals surface area contributed by atoms with E-state index < -0.39 is 0 Å². The Bertz CT molecular complexity index is 470. The third-order valence-corrected chi connectivity index (χ3v) is 2.57. The standard InChI is InChI=1S/C10H12N4/c1-6-9-8(14-13-6)4-5-11-10(9)12-7-2-3-7/h4-5,7H,2-3H2,1H3,(H,11,12)(H,13,14). The fourth-order valence-electron chi connectivity index (χ4n) is 1.64. The number of hydrogen-bond donors (Lipinski definition) is 2. The maximum atomic E-state index is 4.35. The summed E-state index contributed by atoms with van der Waals surface area (Å²) < 4.78 is 0. The average Bonchev–Trinajstić information content (AvgIpc) is 2.91. The number of aromatic amines is 1. The Labute approximate surface area is 81.7 Å². The van der Waals surface area contributed by atoms with Gasteiger partial charge in [0.25, 0.3) is 0 Å². The topological polar surface area (TPSA) is 53.6 Å². The molecule has 0 atom stereocenters. The lowest BCUT2D eigenvalue weighted by Gasteiger charge is -2.04. The summed E-state index contributed by atoms with van der Waals surface area (Å²) in [6.07, 6.45) is 4.32. The van der Waals surface area contributed by atoms with Crippen molar-refractivity contribution in [3.8, 4) is 0 Å². The number of anilines is 1. The van der Waals surface area contributed by atoms with Gasteiger partial charge in [0.2, 0.25) is 0 Å². The van der Waals surface area contributed by atoms with Gasteiger partial charge in [-0.3, -0.25) is 5.10 Å². The van der Waals surface area contributed by atoms with Crippen molar-refractivity contribution in [3.05, 3.63) is 18.0 Å². The molecule has 1 fully saturated rings. The van der Waals surface area contributed by atoms with Crippen molar-refractivity contribution in [2.75, 3.05) is 5.32 Å². The van der Waals surface area contributed by atoms with Gasteiger partial charge in [0.15, 0.2) is 0 Å². The van der Waals surface area contributed by atoms with Crippen molar-refractivity contribution < 1.29 is 0 Å². The van der Waals surface area contributed by atoms with E-state index in [0.717, 1.165) is 22.4 Å². The Morgan fingerprint density at radius 1 is 1.50 bits per heavy atom. The van der Waals surface area contributed by atoms with Gasteiger partial charge in [-0.1, -0.05) is 0 Å². The second-order valence-corrected chi connectivity index (χ2v) is 3.82. The summed E-state index contributed by atoms with van der Waals surface area (Å²) in [7, 11) is 0. The zero-order chi connectivity index (χ0) is 9.54. The van der Waals surface area contributed by atoms with Gasteiger partial charge in [-0.2, -0.15) is 5.10 Å². The minimum atomic E-state index is 0.627. The highest BCUT2D eigenvalue weighted by molar-refractivity contribution is 5.91. The van der Waals surface area contributed by atoms with Crippen molar-refractivity contribution in [2.24, 2.45) is 0 Å². The molecule has 4 heteroatoms. The first-order valence-corrected chi connectivity index (χ1v) is 4.91. The first-order valence-electron chi connectivity index (χ1n) is 4.91. The van der Waals surface area contributed by atoms with Gasteiger partial charge in [-0.25, -0.2) is 4.98 Å². The van der Waals surface area contributed by atoms with E-state index in [2.05, 4.69) is 20.5 Å². The van der Waals surface area contributed by atoms with Crippen LogP contribution in [0.5, 0.6) is 0 Å². The molecule has 2 aromatic rings. The second kappa shape index (κ2) is 2.70. The number of nitrogens with zero attached hydrogens (tertiary/aromatic N) is 2. The molecule has 2 N–H and O–H groups in total. The second-order valence-electron chi connectivity index (χ2n) is 3.82. The lowest BCUT2D eigenvalue weighted by molar-refractivity contribution is 1.07. The normalized spacial score (nSPS) is 16.1. The number of aromatic nitrogens is 3. The molecule has 0 aliphatic heterocycles. The Kier molecular flexibility index (Phi) is 1.50. The molecule has 1 saturated carbocycles. The number of H-pyrrole nitrogens is 1. The van der Waals surface area contributed by atoms with Crippen molar-refractivity contribution in [3.63, 3.8) is 0 Å². The molecule has 0 spiro atoms. The van der Waals surface area contributed by atoms with Crippen molar-refractivity contribution in [1.29, 1.82) is 0 Å². The van der Waals surface area contributed by atoms with Crippen molar-refractivity contribution in [2.45, 2.75) is 25.8 Å². The van der Waals surface area contributed by atoms with E-state index in [0.29, 0.717) is 6.04 Å². The first-order chi connectivity index (χ1) is 6.84. The molecule has 0 amide bonds. The molecule has 0 radical (unpaired) electrons. The summed E-state index contributed by atoms with van der Waals surface area (Å²) in [5.41, 5.74) is 2.07. The van der Waals surface area contributed by atoms with E-state index in [1.54, 1.807) is 6.20 Å². The van der Waals surface area contributed by atoms with Gasteiger partial charge in [-0.05, 0) is 25.8 Å². The highest BCUT2D eigenvalue weighted by Gasteiger charge is 2.22. The van der Waals surface area contributed by atoms with Gasteiger partial charge in [0.1, 0.15) is 5.82 Å². The van der Waals surface area contributed by atoms with Crippen molar-refractivity contribution in [1.82, 2.24) is 15.2 Å². The summed E-state index contributed by atoms with van der Waals surface area (Å²) in [5.74, 6) is 0.969. The van der Waals surface area contributed by atoms with Gasteiger partial charge in [0.05, 0.1) is 10.9 Å². The van der Waals surface area contributed by atoms with E-state index in [4.69, 9.17) is 0 Å². The average molecular weight is 188 g/mol. The van der Waals surface area contributed by atoms with Crippen LogP contribution in [0.1, 0.15) is 18.5 Å². The van der Waals surface area contributed by atoms with Crippen molar-refractivity contribution >= 4 is 16.7 Å². The van der Waals surface area contributed by atoms with Crippen LogP contribution < -0.4 is 5.32 Å². The molecule has 1 aliphatic rings. The summed E-state index contributed by atoms with van der Waals surface area (Å²) in [6, 6.07) is 2.55. The molecule has 0 aromatic carbocycles. The minimum absolute atomic E-state index is 0.627. The van der Waals surface area contributed by atoms with E-state index in [9.17, 15) is 0 Å². The molecular weight excluding hydrogens is 176 g/mol. The van der Waals surface area contributed by atoms with Crippen LogP contribution in [-0.4, -0.2) is 21.2 Å². The molecule has 2 heterocycles. The number of hydrogen-bond acceptors (Lipinski definition) is 3. The van der Waals surface area contributed by atoms with Gasteiger partial charge in [-0.15, -0.1) is 0 Å². The zero-order valence-electron chi connectivity index (χ0n) is 8.04. The molecule has 0 saturated heterocycles. The Morgan fingerprint density at radius 3 is 3.14 bits per heavy atom. The lowest BCUT2D eigenvalue weighted by atomic mass is 10.2. The molecule has 2 aromatic heterocycles. The van der Waals surface area contributed by atoms with Gasteiger partial charge < -0.3 is 5.32 Å².